The largest absolute Gasteiger partial charge is 0.335 e. The second-order valence-corrected chi connectivity index (χ2v) is 5.51. The molecule has 1 spiro atoms. The molecule has 1 aromatic rings. The van der Waals surface area contributed by atoms with Crippen LogP contribution in [-0.2, 0) is 9.59 Å². The Labute approximate surface area is 122 Å². The molecule has 1 aliphatic heterocycles. The molecule has 1 N–H and O–H groups in total. The van der Waals surface area contributed by atoms with Crippen LogP contribution >= 0.6 is 23.2 Å². The molecule has 0 unspecified atom stereocenters. The van der Waals surface area contributed by atoms with Crippen molar-refractivity contribution in [2.45, 2.75) is 12.8 Å². The maximum atomic E-state index is 13.2. The van der Waals surface area contributed by atoms with E-state index < -0.39 is 29.1 Å². The maximum Gasteiger partial charge on any atom is 0.335 e. The van der Waals surface area contributed by atoms with Gasteiger partial charge in [-0.3, -0.25) is 14.9 Å². The third-order valence-corrected chi connectivity index (χ3v) is 4.00. The van der Waals surface area contributed by atoms with Crippen LogP contribution in [0.15, 0.2) is 12.1 Å². The molecule has 1 aromatic carbocycles. The first-order chi connectivity index (χ1) is 9.36. The summed E-state index contributed by atoms with van der Waals surface area (Å²) in [4.78, 5) is 36.6. The van der Waals surface area contributed by atoms with E-state index in [0.717, 1.165) is 12.1 Å². The summed E-state index contributed by atoms with van der Waals surface area (Å²) in [5.74, 6) is -1.98. The zero-order chi connectivity index (χ0) is 14.7. The van der Waals surface area contributed by atoms with E-state index in [2.05, 4.69) is 5.32 Å². The Bertz CT molecular complexity index is 650. The number of carbonyl (C=O) groups excluding carboxylic acids is 3. The number of benzene rings is 1. The highest BCUT2D eigenvalue weighted by atomic mass is 35.5. The van der Waals surface area contributed by atoms with Crippen LogP contribution < -0.4 is 10.2 Å². The first-order valence-electron chi connectivity index (χ1n) is 5.71. The minimum absolute atomic E-state index is 0.115. The SMILES string of the molecule is O=C1NC(=O)C2(CC2)C(=O)N1c1c(Cl)cc(F)cc1Cl. The monoisotopic (exact) mass is 316 g/mol. The van der Waals surface area contributed by atoms with Gasteiger partial charge in [0.25, 0.3) is 5.91 Å². The topological polar surface area (TPSA) is 66.5 Å². The highest BCUT2D eigenvalue weighted by Gasteiger charge is 2.62. The van der Waals surface area contributed by atoms with E-state index in [-0.39, 0.29) is 15.7 Å². The Morgan fingerprint density at radius 1 is 1.15 bits per heavy atom. The van der Waals surface area contributed by atoms with Crippen molar-refractivity contribution in [2.24, 2.45) is 5.41 Å². The van der Waals surface area contributed by atoms with Crippen LogP contribution in [-0.4, -0.2) is 17.8 Å². The first kappa shape index (κ1) is 13.3. The summed E-state index contributed by atoms with van der Waals surface area (Å²) >= 11 is 11.7. The Hall–Kier alpha value is -1.66. The lowest BCUT2D eigenvalue weighted by molar-refractivity contribution is -0.136. The number of barbiturate groups is 1. The molecule has 1 aliphatic carbocycles. The predicted molar refractivity (Wildman–Crippen MR) is 69.1 cm³/mol. The van der Waals surface area contributed by atoms with E-state index in [0.29, 0.717) is 17.7 Å². The van der Waals surface area contributed by atoms with E-state index in [1.54, 1.807) is 0 Å². The van der Waals surface area contributed by atoms with Gasteiger partial charge in [-0.1, -0.05) is 23.2 Å². The van der Waals surface area contributed by atoms with Gasteiger partial charge in [0.05, 0.1) is 15.7 Å². The van der Waals surface area contributed by atoms with Crippen molar-refractivity contribution in [1.82, 2.24) is 5.32 Å². The lowest BCUT2D eigenvalue weighted by atomic mass is 10.0. The Balaban J connectivity index is 2.12. The predicted octanol–water partition coefficient (Wildman–Crippen LogP) is 2.50. The molecule has 3 rings (SSSR count). The molecule has 104 valence electrons. The number of urea groups is 1. The molecule has 0 aromatic heterocycles. The van der Waals surface area contributed by atoms with Gasteiger partial charge in [0, 0.05) is 0 Å². The minimum Gasteiger partial charge on any atom is -0.276 e. The van der Waals surface area contributed by atoms with Crippen molar-refractivity contribution in [3.8, 4) is 0 Å². The molecule has 20 heavy (non-hydrogen) atoms. The Morgan fingerprint density at radius 2 is 1.70 bits per heavy atom. The smallest absolute Gasteiger partial charge is 0.276 e. The highest BCUT2D eigenvalue weighted by Crippen LogP contribution is 2.51. The van der Waals surface area contributed by atoms with Crippen LogP contribution in [0.1, 0.15) is 12.8 Å². The van der Waals surface area contributed by atoms with Crippen LogP contribution in [0.25, 0.3) is 0 Å². The number of halogens is 3. The number of hydrogen-bond donors (Lipinski definition) is 1. The maximum absolute atomic E-state index is 13.2. The molecule has 4 amide bonds. The van der Waals surface area contributed by atoms with Gasteiger partial charge in [-0.05, 0) is 25.0 Å². The van der Waals surface area contributed by atoms with Gasteiger partial charge in [0.15, 0.2) is 0 Å². The second-order valence-electron chi connectivity index (χ2n) is 4.70. The Kier molecular flexibility index (Phi) is 2.78. The molecule has 2 fully saturated rings. The van der Waals surface area contributed by atoms with Gasteiger partial charge in [-0.15, -0.1) is 0 Å². The first-order valence-corrected chi connectivity index (χ1v) is 6.47. The molecular formula is C12H7Cl2FN2O3. The molecule has 2 aliphatic rings. The van der Waals surface area contributed by atoms with Gasteiger partial charge < -0.3 is 0 Å². The summed E-state index contributed by atoms with van der Waals surface area (Å²) in [5.41, 5.74) is -1.33. The number of hydrogen-bond acceptors (Lipinski definition) is 3. The van der Waals surface area contributed by atoms with Crippen LogP contribution in [0, 0.1) is 11.2 Å². The third-order valence-electron chi connectivity index (χ3n) is 3.43. The van der Waals surface area contributed by atoms with Crippen molar-refractivity contribution < 1.29 is 18.8 Å². The van der Waals surface area contributed by atoms with Gasteiger partial charge in [-0.2, -0.15) is 0 Å². The number of rotatable bonds is 1. The van der Waals surface area contributed by atoms with Gasteiger partial charge >= 0.3 is 6.03 Å². The quantitative estimate of drug-likeness (QED) is 0.809. The summed E-state index contributed by atoms with van der Waals surface area (Å²) in [6, 6.07) is 0.950. The molecule has 5 nitrogen and oxygen atoms in total. The summed E-state index contributed by atoms with van der Waals surface area (Å²) in [5, 5.41) is 1.74. The van der Waals surface area contributed by atoms with Crippen molar-refractivity contribution in [1.29, 1.82) is 0 Å². The van der Waals surface area contributed by atoms with E-state index in [4.69, 9.17) is 23.2 Å². The van der Waals surface area contributed by atoms with Gasteiger partial charge in [0.2, 0.25) is 5.91 Å². The van der Waals surface area contributed by atoms with Crippen LogP contribution in [0.3, 0.4) is 0 Å². The van der Waals surface area contributed by atoms with E-state index in [9.17, 15) is 18.8 Å². The highest BCUT2D eigenvalue weighted by molar-refractivity contribution is 6.43. The standard InChI is InChI=1S/C12H7Cl2FN2O3/c13-6-3-5(15)4-7(14)8(6)17-10(19)12(1-2-12)9(18)16-11(17)20/h3-4H,1-2H2,(H,16,18,20). The number of anilines is 1. The fourth-order valence-electron chi connectivity index (χ4n) is 2.19. The average Bonchev–Trinajstić information content (AvgIpc) is 3.12. The van der Waals surface area contributed by atoms with E-state index in [1.807, 2.05) is 0 Å². The van der Waals surface area contributed by atoms with Crippen LogP contribution in [0.5, 0.6) is 0 Å². The van der Waals surface area contributed by atoms with Gasteiger partial charge in [0.1, 0.15) is 11.2 Å². The number of carbonyl (C=O) groups is 3. The zero-order valence-electron chi connectivity index (χ0n) is 9.87. The van der Waals surface area contributed by atoms with Crippen molar-refractivity contribution in [2.75, 3.05) is 4.90 Å². The van der Waals surface area contributed by atoms with Crippen LogP contribution in [0.4, 0.5) is 14.9 Å². The van der Waals surface area contributed by atoms with Crippen LogP contribution in [0.2, 0.25) is 10.0 Å². The second kappa shape index (κ2) is 4.17. The number of imide groups is 2. The summed E-state index contributed by atoms with van der Waals surface area (Å²) in [7, 11) is 0. The molecule has 1 heterocycles. The van der Waals surface area contributed by atoms with Gasteiger partial charge in [-0.25, -0.2) is 14.1 Å². The molecule has 1 saturated heterocycles. The Morgan fingerprint density at radius 3 is 2.20 bits per heavy atom. The zero-order valence-corrected chi connectivity index (χ0v) is 11.4. The summed E-state index contributed by atoms with van der Waals surface area (Å²) in [6.07, 6.45) is 0.718. The summed E-state index contributed by atoms with van der Waals surface area (Å²) < 4.78 is 13.2. The molecule has 8 heteroatoms. The molecule has 0 atom stereocenters. The molecule has 0 radical (unpaired) electrons. The molecule has 1 saturated carbocycles. The van der Waals surface area contributed by atoms with E-state index >= 15 is 0 Å². The summed E-state index contributed by atoms with van der Waals surface area (Å²) in [6.45, 7) is 0. The van der Waals surface area contributed by atoms with E-state index in [1.165, 1.54) is 0 Å². The van der Waals surface area contributed by atoms with Crippen molar-refractivity contribution in [3.63, 3.8) is 0 Å². The number of amides is 4. The van der Waals surface area contributed by atoms with Crippen molar-refractivity contribution in [3.05, 3.63) is 28.0 Å². The molecule has 0 bridgehead atoms. The van der Waals surface area contributed by atoms with Crippen molar-refractivity contribution >= 4 is 46.7 Å². The fraction of sp³-hybridized carbons (Fsp3) is 0.250. The molecular weight excluding hydrogens is 310 g/mol. The number of nitrogens with zero attached hydrogens (tertiary/aromatic N) is 1. The number of nitrogens with one attached hydrogen (secondary N) is 1. The average molecular weight is 317 g/mol. The minimum atomic E-state index is -1.21. The fourth-order valence-corrected chi connectivity index (χ4v) is 2.82. The normalized spacial score (nSPS) is 20.4. The third kappa shape index (κ3) is 1.72. The lowest BCUT2D eigenvalue weighted by Crippen LogP contribution is -2.59. The lowest BCUT2D eigenvalue weighted by Gasteiger charge is -2.31.